The zero-order valence-electron chi connectivity index (χ0n) is 27.8. The van der Waals surface area contributed by atoms with Crippen molar-refractivity contribution < 1.29 is 46.3 Å². The van der Waals surface area contributed by atoms with E-state index in [1.165, 1.54) is 66.8 Å². The fourth-order valence-electron chi connectivity index (χ4n) is 3.34. The molecule has 0 aliphatic rings. The van der Waals surface area contributed by atoms with E-state index in [0.717, 1.165) is 18.2 Å². The van der Waals surface area contributed by atoms with Crippen LogP contribution < -0.4 is 4.74 Å². The molecule has 0 N–H and O–H groups in total. The van der Waals surface area contributed by atoms with Crippen molar-refractivity contribution in [1.82, 2.24) is 0 Å². The summed E-state index contributed by atoms with van der Waals surface area (Å²) in [6.07, 6.45) is 2.37. The van der Waals surface area contributed by atoms with Gasteiger partial charge >= 0.3 is 6.18 Å². The fraction of sp³-hybridized carbons (Fsp3) is 0.0541. The fourth-order valence-corrected chi connectivity index (χ4v) is 3.82. The third-order valence-electron chi connectivity index (χ3n) is 5.62. The molecule has 55 heavy (non-hydrogen) atoms. The van der Waals surface area contributed by atoms with E-state index in [1.807, 2.05) is 0 Å². The van der Waals surface area contributed by atoms with Gasteiger partial charge in [0.25, 0.3) is 0 Å². The zero-order chi connectivity index (χ0) is 41.1. The third kappa shape index (κ3) is 20.3. The number of methoxy groups -OCH3 is 1. The molecule has 18 heteroatoms. The number of rotatable bonds is 6. The van der Waals surface area contributed by atoms with Crippen LogP contribution in [0.4, 0.5) is 46.0 Å². The number of isocyanates is 5. The highest BCUT2D eigenvalue weighted by Gasteiger charge is 2.30. The Bertz CT molecular complexity index is 2210. The van der Waals surface area contributed by atoms with Crippen LogP contribution in [0.15, 0.2) is 140 Å². The van der Waals surface area contributed by atoms with Gasteiger partial charge in [0.15, 0.2) is 0 Å². The number of halogens is 7. The van der Waals surface area contributed by atoms with Gasteiger partial charge in [-0.2, -0.15) is 38.1 Å². The Kier molecular flexibility index (Phi) is 22.1. The van der Waals surface area contributed by atoms with Crippen molar-refractivity contribution in [3.63, 3.8) is 0 Å². The number of aliphatic imine (C=N–C) groups is 5. The number of alkyl halides is 3. The van der Waals surface area contributed by atoms with Gasteiger partial charge in [0.1, 0.15) is 11.6 Å². The van der Waals surface area contributed by atoms with Crippen molar-refractivity contribution in [1.29, 1.82) is 0 Å². The summed E-state index contributed by atoms with van der Waals surface area (Å²) in [6.45, 7) is 0. The summed E-state index contributed by atoms with van der Waals surface area (Å²) in [5.41, 5.74) is 0.945. The lowest BCUT2D eigenvalue weighted by molar-refractivity contribution is -0.137. The summed E-state index contributed by atoms with van der Waals surface area (Å²) in [5.74, 6) is 0.276. The molecule has 0 saturated heterocycles. The lowest BCUT2D eigenvalue weighted by Gasteiger charge is -2.05. The van der Waals surface area contributed by atoms with Gasteiger partial charge in [0.2, 0.25) is 30.4 Å². The Hall–Kier alpha value is -6.61. The molecule has 0 aromatic heterocycles. The largest absolute Gasteiger partial charge is 0.497 e. The first-order valence-corrected chi connectivity index (χ1v) is 15.6. The molecule has 5 rings (SSSR count). The smallest absolute Gasteiger partial charge is 0.416 e. The van der Waals surface area contributed by atoms with E-state index in [0.29, 0.717) is 37.9 Å². The number of benzene rings is 5. The van der Waals surface area contributed by atoms with Crippen LogP contribution >= 0.6 is 34.8 Å². The van der Waals surface area contributed by atoms with Gasteiger partial charge in [-0.3, -0.25) is 0 Å². The first kappa shape index (κ1) is 46.4. The van der Waals surface area contributed by atoms with Crippen molar-refractivity contribution in [3.05, 3.63) is 142 Å². The maximum Gasteiger partial charge on any atom is 0.416 e. The maximum atomic E-state index is 12.3. The molecule has 0 radical (unpaired) electrons. The second-order valence-corrected chi connectivity index (χ2v) is 10.6. The predicted molar refractivity (Wildman–Crippen MR) is 198 cm³/mol. The van der Waals surface area contributed by atoms with Crippen molar-refractivity contribution in [2.45, 2.75) is 6.18 Å². The summed E-state index contributed by atoms with van der Waals surface area (Å²) < 4.78 is 53.4. The van der Waals surface area contributed by atoms with Crippen molar-refractivity contribution >= 4 is 93.6 Å². The van der Waals surface area contributed by atoms with Crippen LogP contribution in [-0.4, -0.2) is 37.5 Å². The van der Waals surface area contributed by atoms with Gasteiger partial charge in [0, 0.05) is 17.2 Å². The summed E-state index contributed by atoms with van der Waals surface area (Å²) >= 11 is 16.8. The maximum absolute atomic E-state index is 12.3. The molecule has 0 unspecified atom stereocenters. The van der Waals surface area contributed by atoms with E-state index in [1.54, 1.807) is 67.8 Å². The molecule has 11 nitrogen and oxygen atoms in total. The molecule has 0 bridgehead atoms. The van der Waals surface area contributed by atoms with Crippen LogP contribution in [0.3, 0.4) is 0 Å². The van der Waals surface area contributed by atoms with E-state index >= 15 is 0 Å². The Labute approximate surface area is 324 Å². The number of nitrogens with zero attached hydrogens (tertiary/aromatic N) is 5. The number of ether oxygens (including phenoxy) is 1. The van der Waals surface area contributed by atoms with Gasteiger partial charge in [-0.15, -0.1) is 0 Å². The minimum Gasteiger partial charge on any atom is -0.497 e. The number of carbonyl (C=O) groups excluding carboxylic acids is 5. The highest BCUT2D eigenvalue weighted by atomic mass is 35.5. The quantitative estimate of drug-likeness (QED) is 0.0943. The average molecular weight is 815 g/mol. The molecule has 0 amide bonds. The minimum absolute atomic E-state index is 0.0511. The Morgan fingerprint density at radius 3 is 1.40 bits per heavy atom. The van der Waals surface area contributed by atoms with Gasteiger partial charge < -0.3 is 4.74 Å². The number of hydrogen-bond acceptors (Lipinski definition) is 11. The molecule has 0 aliphatic carbocycles. The van der Waals surface area contributed by atoms with Crippen LogP contribution in [0.1, 0.15) is 5.56 Å². The summed E-state index contributed by atoms with van der Waals surface area (Å²) in [4.78, 5) is 65.3. The van der Waals surface area contributed by atoms with Gasteiger partial charge in [0.05, 0.1) is 51.2 Å². The third-order valence-corrected chi connectivity index (χ3v) is 6.59. The van der Waals surface area contributed by atoms with Crippen LogP contribution in [0.2, 0.25) is 15.1 Å². The topological polar surface area (TPSA) is 156 Å². The lowest BCUT2D eigenvalue weighted by Crippen LogP contribution is -2.03. The van der Waals surface area contributed by atoms with Crippen molar-refractivity contribution in [2.24, 2.45) is 25.0 Å². The molecular weight excluding hydrogens is 793 g/mol. The number of hydrogen-bond donors (Lipinski definition) is 0. The van der Waals surface area contributed by atoms with Crippen LogP contribution in [-0.2, 0) is 30.1 Å². The normalized spacial score (nSPS) is 9.09. The van der Waals surface area contributed by atoms with Crippen LogP contribution in [0.5, 0.6) is 5.75 Å². The van der Waals surface area contributed by atoms with E-state index < -0.39 is 17.6 Å². The summed E-state index contributed by atoms with van der Waals surface area (Å²) in [7, 11) is 1.56. The van der Waals surface area contributed by atoms with Gasteiger partial charge in [-0.1, -0.05) is 59.1 Å². The van der Waals surface area contributed by atoms with E-state index in [2.05, 4.69) is 25.0 Å². The average Bonchev–Trinajstić information content (AvgIpc) is 3.15. The minimum atomic E-state index is -4.41. The molecule has 0 aliphatic heterocycles. The van der Waals surface area contributed by atoms with E-state index in [-0.39, 0.29) is 11.4 Å². The highest BCUT2D eigenvalue weighted by molar-refractivity contribution is 6.42. The SMILES string of the molecule is COc1cccc(N=C=O)c1.O=C=Nc1ccc(Cl)c(Cl)c1.O=C=Nc1cccc(C(F)(F)F)c1.O=C=Nc1cccc(Cl)c1.O=C=Nc1cccc(F)c1. The standard InChI is InChI=1S/C8H4F3NO.C8H7NO2.C7H3Cl2NO.C7H4ClNO.C7H4FNO/c9-8(10,11)6-2-1-3-7(4-6)12-5-13;1-11-8-4-2-3-7(5-8)9-6-10;8-6-2-1-5(10-4-11)3-7(6)9;2*8-6-2-1-3-7(4-6)9-5-10/h1-4H;2-5H,1H3;1-3H;2*1-4H. The van der Waals surface area contributed by atoms with E-state index in [4.69, 9.17) is 39.5 Å². The van der Waals surface area contributed by atoms with Crippen molar-refractivity contribution in [3.8, 4) is 5.75 Å². The molecule has 0 spiro atoms. The first-order valence-electron chi connectivity index (χ1n) is 14.5. The molecule has 0 saturated carbocycles. The molecular formula is C37H22Cl3F4N5O6. The predicted octanol–water partition coefficient (Wildman–Crippen LogP) is 11.4. The Morgan fingerprint density at radius 1 is 0.509 bits per heavy atom. The van der Waals surface area contributed by atoms with Gasteiger partial charge in [-0.05, 0) is 78.9 Å². The monoisotopic (exact) mass is 813 g/mol. The molecule has 5 aromatic carbocycles. The zero-order valence-corrected chi connectivity index (χ0v) is 30.1. The second kappa shape index (κ2) is 26.2. The summed E-state index contributed by atoms with van der Waals surface area (Å²) in [6, 6.07) is 27.8. The lowest BCUT2D eigenvalue weighted by atomic mass is 10.2. The molecule has 0 fully saturated rings. The Morgan fingerprint density at radius 2 is 0.945 bits per heavy atom. The van der Waals surface area contributed by atoms with Crippen LogP contribution in [0.25, 0.3) is 0 Å². The molecule has 5 aromatic rings. The molecule has 280 valence electrons. The van der Waals surface area contributed by atoms with Gasteiger partial charge in [-0.25, -0.2) is 28.4 Å². The first-order chi connectivity index (χ1) is 26.3. The van der Waals surface area contributed by atoms with Crippen molar-refractivity contribution in [2.75, 3.05) is 7.11 Å². The molecule has 0 heterocycles. The highest BCUT2D eigenvalue weighted by Crippen LogP contribution is 2.31. The molecule has 0 atom stereocenters. The Balaban J connectivity index is 0.000000345. The van der Waals surface area contributed by atoms with E-state index in [9.17, 15) is 41.5 Å². The summed E-state index contributed by atoms with van der Waals surface area (Å²) in [5, 5.41) is 1.39. The second-order valence-electron chi connectivity index (χ2n) is 9.32. The van der Waals surface area contributed by atoms with Crippen LogP contribution in [0, 0.1) is 5.82 Å².